The lowest BCUT2D eigenvalue weighted by Gasteiger charge is -2.12. The van der Waals surface area contributed by atoms with Gasteiger partial charge in [0.2, 0.25) is 0 Å². The fraction of sp³-hybridized carbons (Fsp3) is 0.231. The summed E-state index contributed by atoms with van der Waals surface area (Å²) >= 11 is 0. The molecule has 2 rings (SSSR count). The zero-order chi connectivity index (χ0) is 13.1. The van der Waals surface area contributed by atoms with Crippen molar-refractivity contribution in [3.63, 3.8) is 0 Å². The minimum atomic E-state index is -0.355. The van der Waals surface area contributed by atoms with Gasteiger partial charge in [-0.3, -0.25) is 14.8 Å². The zero-order valence-electron chi connectivity index (χ0n) is 10.4. The van der Waals surface area contributed by atoms with Gasteiger partial charge in [-0.25, -0.2) is 0 Å². The third kappa shape index (κ3) is 2.34. The van der Waals surface area contributed by atoms with Crippen molar-refractivity contribution in [2.75, 3.05) is 5.43 Å². The van der Waals surface area contributed by atoms with Crippen molar-refractivity contribution in [1.29, 1.82) is 0 Å². The molecule has 0 saturated heterocycles. The number of para-hydroxylation sites is 1. The molecule has 0 radical (unpaired) electrons. The first-order valence-electron chi connectivity index (χ1n) is 5.70. The minimum Gasteiger partial charge on any atom is -0.321 e. The van der Waals surface area contributed by atoms with Crippen LogP contribution in [0.3, 0.4) is 0 Å². The van der Waals surface area contributed by atoms with Crippen molar-refractivity contribution in [2.24, 2.45) is 0 Å². The van der Waals surface area contributed by atoms with E-state index in [4.69, 9.17) is 0 Å². The third-order valence-corrected chi connectivity index (χ3v) is 2.89. The summed E-state index contributed by atoms with van der Waals surface area (Å²) in [5.74, 6) is 0. The Hall–Kier alpha value is -2.30. The quantitative estimate of drug-likeness (QED) is 0.665. The second-order valence-corrected chi connectivity index (χ2v) is 4.17. The number of rotatable bonds is 4. The van der Waals surface area contributed by atoms with E-state index in [-0.39, 0.29) is 10.6 Å². The molecule has 0 fully saturated rings. The van der Waals surface area contributed by atoms with Crippen molar-refractivity contribution in [3.8, 4) is 0 Å². The molecule has 1 heterocycles. The number of nitro groups is 1. The molecule has 0 atom stereocenters. The Labute approximate surface area is 105 Å². The Bertz CT molecular complexity index is 556. The van der Waals surface area contributed by atoms with Crippen molar-refractivity contribution in [1.82, 2.24) is 4.68 Å². The lowest BCUT2D eigenvalue weighted by atomic mass is 10.2. The highest BCUT2D eigenvalue weighted by molar-refractivity contribution is 5.40. The highest BCUT2D eigenvalue weighted by atomic mass is 16.6. The van der Waals surface area contributed by atoms with E-state index in [0.717, 1.165) is 11.4 Å². The molecule has 94 valence electrons. The second-order valence-electron chi connectivity index (χ2n) is 4.17. The molecule has 0 aliphatic heterocycles. The number of nitrogens with zero attached hydrogens (tertiary/aromatic N) is 2. The number of nitro benzene ring substituents is 1. The molecular weight excluding hydrogens is 230 g/mol. The van der Waals surface area contributed by atoms with Gasteiger partial charge in [0.15, 0.2) is 0 Å². The van der Waals surface area contributed by atoms with Gasteiger partial charge in [-0.05, 0) is 26.0 Å². The summed E-state index contributed by atoms with van der Waals surface area (Å²) in [6.07, 6.45) is 0. The van der Waals surface area contributed by atoms with Crippen LogP contribution in [0.1, 0.15) is 17.0 Å². The Morgan fingerprint density at radius 3 is 2.39 bits per heavy atom. The molecule has 18 heavy (non-hydrogen) atoms. The van der Waals surface area contributed by atoms with Crippen LogP contribution < -0.4 is 5.43 Å². The van der Waals surface area contributed by atoms with E-state index in [9.17, 15) is 10.1 Å². The van der Waals surface area contributed by atoms with Gasteiger partial charge in [0, 0.05) is 17.5 Å². The monoisotopic (exact) mass is 245 g/mol. The largest absolute Gasteiger partial charge is 0.321 e. The predicted octanol–water partition coefficient (Wildman–Crippen LogP) is 2.76. The van der Waals surface area contributed by atoms with Crippen molar-refractivity contribution in [3.05, 3.63) is 63.5 Å². The maximum Gasteiger partial charge on any atom is 0.274 e. The summed E-state index contributed by atoms with van der Waals surface area (Å²) in [5.41, 5.74) is 6.16. The molecule has 5 nitrogen and oxygen atoms in total. The normalized spacial score (nSPS) is 10.3. The van der Waals surface area contributed by atoms with Crippen LogP contribution in [-0.2, 0) is 6.54 Å². The lowest BCUT2D eigenvalue weighted by molar-refractivity contribution is -0.385. The van der Waals surface area contributed by atoms with E-state index in [1.165, 1.54) is 6.07 Å². The lowest BCUT2D eigenvalue weighted by Crippen LogP contribution is -2.17. The molecule has 0 bridgehead atoms. The number of hydrogen-bond donors (Lipinski definition) is 1. The molecular formula is C13H15N3O2. The second kappa shape index (κ2) is 4.91. The van der Waals surface area contributed by atoms with Gasteiger partial charge in [0.05, 0.1) is 17.0 Å². The summed E-state index contributed by atoms with van der Waals surface area (Å²) in [7, 11) is 0. The zero-order valence-corrected chi connectivity index (χ0v) is 10.4. The number of benzene rings is 1. The minimum absolute atomic E-state index is 0.146. The van der Waals surface area contributed by atoms with Gasteiger partial charge in [-0.15, -0.1) is 0 Å². The van der Waals surface area contributed by atoms with Crippen LogP contribution in [0, 0.1) is 24.0 Å². The van der Waals surface area contributed by atoms with E-state index in [1.807, 2.05) is 30.7 Å². The Morgan fingerprint density at radius 2 is 1.78 bits per heavy atom. The van der Waals surface area contributed by atoms with Crippen LogP contribution in [0.5, 0.6) is 0 Å². The topological polar surface area (TPSA) is 60.1 Å². The molecule has 0 amide bonds. The van der Waals surface area contributed by atoms with Gasteiger partial charge in [-0.1, -0.05) is 18.2 Å². The number of aromatic nitrogens is 1. The molecule has 0 saturated carbocycles. The summed E-state index contributed by atoms with van der Waals surface area (Å²) < 4.78 is 1.93. The van der Waals surface area contributed by atoms with Gasteiger partial charge < -0.3 is 5.43 Å². The summed E-state index contributed by atoms with van der Waals surface area (Å²) in [4.78, 5) is 10.5. The van der Waals surface area contributed by atoms with Crippen molar-refractivity contribution >= 4 is 5.69 Å². The fourth-order valence-electron chi connectivity index (χ4n) is 1.92. The fourth-order valence-corrected chi connectivity index (χ4v) is 1.92. The SMILES string of the molecule is Cc1ccc(C)n1NCc1ccccc1[N+](=O)[O-]. The van der Waals surface area contributed by atoms with Crippen LogP contribution in [0.15, 0.2) is 36.4 Å². The Kier molecular flexibility index (Phi) is 3.32. The highest BCUT2D eigenvalue weighted by Crippen LogP contribution is 2.17. The highest BCUT2D eigenvalue weighted by Gasteiger charge is 2.12. The molecule has 5 heteroatoms. The first kappa shape index (κ1) is 12.2. The van der Waals surface area contributed by atoms with E-state index in [2.05, 4.69) is 5.43 Å². The molecule has 0 aliphatic rings. The van der Waals surface area contributed by atoms with Gasteiger partial charge >= 0.3 is 0 Å². The Morgan fingerprint density at radius 1 is 1.17 bits per heavy atom. The maximum atomic E-state index is 10.9. The summed E-state index contributed by atoms with van der Waals surface area (Å²) in [6, 6.07) is 10.8. The molecule has 1 aromatic heterocycles. The van der Waals surface area contributed by atoms with E-state index in [1.54, 1.807) is 18.2 Å². The standard InChI is InChI=1S/C13H15N3O2/c1-10-7-8-11(2)15(10)14-9-12-5-3-4-6-13(12)16(17)18/h3-8,14H,9H2,1-2H3. The molecule has 1 aromatic carbocycles. The van der Waals surface area contributed by atoms with E-state index < -0.39 is 0 Å². The number of hydrogen-bond acceptors (Lipinski definition) is 3. The average Bonchev–Trinajstić information content (AvgIpc) is 2.67. The number of nitrogens with one attached hydrogen (secondary N) is 1. The molecule has 0 unspecified atom stereocenters. The Balaban J connectivity index is 2.18. The molecule has 2 aromatic rings. The van der Waals surface area contributed by atoms with Crippen LogP contribution >= 0.6 is 0 Å². The first-order chi connectivity index (χ1) is 8.59. The number of aryl methyl sites for hydroxylation is 2. The van der Waals surface area contributed by atoms with Crippen LogP contribution in [0.2, 0.25) is 0 Å². The van der Waals surface area contributed by atoms with Crippen LogP contribution in [-0.4, -0.2) is 9.60 Å². The molecule has 1 N–H and O–H groups in total. The van der Waals surface area contributed by atoms with Crippen LogP contribution in [0.25, 0.3) is 0 Å². The van der Waals surface area contributed by atoms with Crippen LogP contribution in [0.4, 0.5) is 5.69 Å². The summed E-state index contributed by atoms with van der Waals surface area (Å²) in [5, 5.41) is 10.9. The van der Waals surface area contributed by atoms with Gasteiger partial charge in [-0.2, -0.15) is 0 Å². The molecule has 0 aliphatic carbocycles. The third-order valence-electron chi connectivity index (χ3n) is 2.89. The van der Waals surface area contributed by atoms with Gasteiger partial charge in [0.1, 0.15) is 0 Å². The van der Waals surface area contributed by atoms with Crippen molar-refractivity contribution in [2.45, 2.75) is 20.4 Å². The maximum absolute atomic E-state index is 10.9. The smallest absolute Gasteiger partial charge is 0.274 e. The summed E-state index contributed by atoms with van der Waals surface area (Å²) in [6.45, 7) is 4.40. The van der Waals surface area contributed by atoms with E-state index in [0.29, 0.717) is 12.1 Å². The van der Waals surface area contributed by atoms with E-state index >= 15 is 0 Å². The first-order valence-corrected chi connectivity index (χ1v) is 5.70. The van der Waals surface area contributed by atoms with Crippen molar-refractivity contribution < 1.29 is 4.92 Å². The predicted molar refractivity (Wildman–Crippen MR) is 70.1 cm³/mol. The molecule has 0 spiro atoms. The average molecular weight is 245 g/mol. The van der Waals surface area contributed by atoms with Gasteiger partial charge in [0.25, 0.3) is 5.69 Å².